The SMILES string of the molecule is C/C(O)=C/NC1(C2CCCCC2)C(=O)Nc2ccc(-c3c(C)noc3C)cc21. The van der Waals surface area contributed by atoms with E-state index in [0.29, 0.717) is 0 Å². The average Bonchev–Trinajstić information content (AvgIpc) is 3.16. The molecule has 1 aromatic carbocycles. The number of amides is 1. The van der Waals surface area contributed by atoms with Gasteiger partial charge in [-0.05, 0) is 57.2 Å². The number of nitrogens with zero attached hydrogens (tertiary/aromatic N) is 1. The predicted octanol–water partition coefficient (Wildman–Crippen LogP) is 4.70. The molecule has 1 atom stereocenters. The van der Waals surface area contributed by atoms with Gasteiger partial charge in [0, 0.05) is 23.0 Å². The Morgan fingerprint density at radius 1 is 1.32 bits per heavy atom. The maximum Gasteiger partial charge on any atom is 0.255 e. The zero-order chi connectivity index (χ0) is 19.9. The largest absolute Gasteiger partial charge is 0.511 e. The Kier molecular flexibility index (Phi) is 4.65. The molecular formula is C22H27N3O3. The maximum absolute atomic E-state index is 13.3. The van der Waals surface area contributed by atoms with Gasteiger partial charge in [0.25, 0.3) is 5.91 Å². The summed E-state index contributed by atoms with van der Waals surface area (Å²) in [6.45, 7) is 5.43. The molecule has 1 aliphatic carbocycles. The molecule has 3 N–H and O–H groups in total. The minimum atomic E-state index is -0.880. The number of fused-ring (bicyclic) bond motifs is 1. The number of rotatable bonds is 4. The second kappa shape index (κ2) is 7.00. The van der Waals surface area contributed by atoms with Crippen molar-refractivity contribution in [3.05, 3.63) is 47.2 Å². The van der Waals surface area contributed by atoms with E-state index in [0.717, 1.165) is 59.5 Å². The number of aliphatic hydroxyl groups is 1. The number of nitrogens with one attached hydrogen (secondary N) is 2. The van der Waals surface area contributed by atoms with Gasteiger partial charge in [-0.3, -0.25) is 4.79 Å². The lowest BCUT2D eigenvalue weighted by molar-refractivity contribution is -0.124. The van der Waals surface area contributed by atoms with Crippen LogP contribution in [0.4, 0.5) is 5.69 Å². The molecule has 2 heterocycles. The number of anilines is 1. The molecule has 1 saturated carbocycles. The van der Waals surface area contributed by atoms with E-state index in [1.54, 1.807) is 13.1 Å². The van der Waals surface area contributed by atoms with Crippen molar-refractivity contribution in [2.45, 2.75) is 58.4 Å². The first-order valence-corrected chi connectivity index (χ1v) is 9.96. The van der Waals surface area contributed by atoms with Crippen LogP contribution in [-0.2, 0) is 10.3 Å². The van der Waals surface area contributed by atoms with Gasteiger partial charge in [-0.1, -0.05) is 30.5 Å². The third-order valence-electron chi connectivity index (χ3n) is 6.10. The Morgan fingerprint density at radius 2 is 2.07 bits per heavy atom. The summed E-state index contributed by atoms with van der Waals surface area (Å²) < 4.78 is 5.35. The van der Waals surface area contributed by atoms with Crippen LogP contribution in [0.5, 0.6) is 0 Å². The highest BCUT2D eigenvalue weighted by Gasteiger charge is 2.52. The van der Waals surface area contributed by atoms with Gasteiger partial charge in [0.15, 0.2) is 0 Å². The van der Waals surface area contributed by atoms with E-state index in [-0.39, 0.29) is 17.6 Å². The van der Waals surface area contributed by atoms with Crippen molar-refractivity contribution in [2.24, 2.45) is 5.92 Å². The lowest BCUT2D eigenvalue weighted by Gasteiger charge is -2.38. The van der Waals surface area contributed by atoms with Crippen LogP contribution < -0.4 is 10.6 Å². The Labute approximate surface area is 165 Å². The maximum atomic E-state index is 13.3. The van der Waals surface area contributed by atoms with Gasteiger partial charge in [-0.25, -0.2) is 0 Å². The molecule has 2 aliphatic rings. The number of hydrogen-bond donors (Lipinski definition) is 3. The molecule has 1 aromatic heterocycles. The topological polar surface area (TPSA) is 87.4 Å². The Morgan fingerprint density at radius 3 is 2.71 bits per heavy atom. The quantitative estimate of drug-likeness (QED) is 0.669. The van der Waals surface area contributed by atoms with Crippen LogP contribution in [0, 0.1) is 19.8 Å². The molecule has 6 heteroatoms. The molecule has 4 rings (SSSR count). The first kappa shape index (κ1) is 18.6. The summed E-state index contributed by atoms with van der Waals surface area (Å²) in [6, 6.07) is 6.02. The van der Waals surface area contributed by atoms with E-state index in [1.807, 2.05) is 26.0 Å². The highest BCUT2D eigenvalue weighted by atomic mass is 16.5. The molecule has 1 unspecified atom stereocenters. The van der Waals surface area contributed by atoms with Gasteiger partial charge in [-0.2, -0.15) is 0 Å². The van der Waals surface area contributed by atoms with Crippen molar-refractivity contribution >= 4 is 11.6 Å². The molecule has 148 valence electrons. The molecule has 0 bridgehead atoms. The first-order chi connectivity index (χ1) is 13.4. The van der Waals surface area contributed by atoms with Gasteiger partial charge >= 0.3 is 0 Å². The molecule has 0 saturated heterocycles. The number of carbonyl (C=O) groups is 1. The Balaban J connectivity index is 1.87. The van der Waals surface area contributed by atoms with Crippen LogP contribution in [0.1, 0.15) is 56.0 Å². The van der Waals surface area contributed by atoms with E-state index >= 15 is 0 Å². The number of aryl methyl sites for hydroxylation is 2. The highest BCUT2D eigenvalue weighted by Crippen LogP contribution is 2.48. The van der Waals surface area contributed by atoms with Crippen LogP contribution in [0.15, 0.2) is 34.7 Å². The third-order valence-corrected chi connectivity index (χ3v) is 6.10. The minimum absolute atomic E-state index is 0.0530. The van der Waals surface area contributed by atoms with Gasteiger partial charge in [-0.15, -0.1) is 0 Å². The average molecular weight is 381 g/mol. The van der Waals surface area contributed by atoms with Gasteiger partial charge in [0.05, 0.1) is 5.69 Å². The zero-order valence-electron chi connectivity index (χ0n) is 16.6. The molecule has 1 fully saturated rings. The summed E-state index contributed by atoms with van der Waals surface area (Å²) in [5.74, 6) is 1.02. The lowest BCUT2D eigenvalue weighted by atomic mass is 9.71. The number of aromatic nitrogens is 1. The van der Waals surface area contributed by atoms with Crippen molar-refractivity contribution in [1.82, 2.24) is 10.5 Å². The van der Waals surface area contributed by atoms with E-state index in [2.05, 4.69) is 21.9 Å². The van der Waals surface area contributed by atoms with Crippen molar-refractivity contribution in [3.63, 3.8) is 0 Å². The second-order valence-corrected chi connectivity index (χ2v) is 7.99. The van der Waals surface area contributed by atoms with Crippen LogP contribution in [-0.4, -0.2) is 16.2 Å². The molecule has 1 aliphatic heterocycles. The number of hydrogen-bond acceptors (Lipinski definition) is 5. The smallest absolute Gasteiger partial charge is 0.255 e. The fourth-order valence-electron chi connectivity index (χ4n) is 4.79. The normalized spacial score (nSPS) is 22.8. The number of benzene rings is 1. The second-order valence-electron chi connectivity index (χ2n) is 7.99. The van der Waals surface area contributed by atoms with Crippen LogP contribution in [0.2, 0.25) is 0 Å². The summed E-state index contributed by atoms with van der Waals surface area (Å²) in [6.07, 6.45) is 6.94. The summed E-state index contributed by atoms with van der Waals surface area (Å²) in [5, 5.41) is 20.2. The van der Waals surface area contributed by atoms with Gasteiger partial charge in [0.2, 0.25) is 0 Å². The van der Waals surface area contributed by atoms with E-state index in [1.165, 1.54) is 6.42 Å². The van der Waals surface area contributed by atoms with E-state index in [9.17, 15) is 9.90 Å². The molecule has 6 nitrogen and oxygen atoms in total. The Bertz CT molecular complexity index is 917. The molecule has 28 heavy (non-hydrogen) atoms. The first-order valence-electron chi connectivity index (χ1n) is 9.96. The fourth-order valence-corrected chi connectivity index (χ4v) is 4.79. The fraction of sp³-hybridized carbons (Fsp3) is 0.455. The molecule has 0 spiro atoms. The molecule has 0 radical (unpaired) electrons. The van der Waals surface area contributed by atoms with Crippen molar-refractivity contribution < 1.29 is 14.4 Å². The predicted molar refractivity (Wildman–Crippen MR) is 108 cm³/mol. The van der Waals surface area contributed by atoms with Crippen LogP contribution in [0.25, 0.3) is 11.1 Å². The molecular weight excluding hydrogens is 354 g/mol. The monoisotopic (exact) mass is 381 g/mol. The molecule has 1 amide bonds. The number of allylic oxidation sites excluding steroid dienone is 1. The summed E-state index contributed by atoms with van der Waals surface area (Å²) in [4.78, 5) is 13.3. The summed E-state index contributed by atoms with van der Waals surface area (Å²) in [7, 11) is 0. The summed E-state index contributed by atoms with van der Waals surface area (Å²) in [5.41, 5.74) is 3.65. The van der Waals surface area contributed by atoms with Gasteiger partial charge in [0.1, 0.15) is 17.1 Å². The van der Waals surface area contributed by atoms with Crippen LogP contribution in [0.3, 0.4) is 0 Å². The zero-order valence-corrected chi connectivity index (χ0v) is 16.6. The summed E-state index contributed by atoms with van der Waals surface area (Å²) >= 11 is 0. The van der Waals surface area contributed by atoms with Crippen molar-refractivity contribution in [3.8, 4) is 11.1 Å². The highest BCUT2D eigenvalue weighted by molar-refractivity contribution is 6.06. The number of carbonyl (C=O) groups excluding carboxylic acids is 1. The van der Waals surface area contributed by atoms with E-state index in [4.69, 9.17) is 4.52 Å². The molecule has 2 aromatic rings. The van der Waals surface area contributed by atoms with Crippen molar-refractivity contribution in [1.29, 1.82) is 0 Å². The van der Waals surface area contributed by atoms with E-state index < -0.39 is 5.54 Å². The third kappa shape index (κ3) is 2.87. The lowest BCUT2D eigenvalue weighted by Crippen LogP contribution is -2.52. The van der Waals surface area contributed by atoms with Crippen molar-refractivity contribution in [2.75, 3.05) is 5.32 Å². The van der Waals surface area contributed by atoms with Crippen LogP contribution >= 0.6 is 0 Å². The Hall–Kier alpha value is -2.76. The minimum Gasteiger partial charge on any atom is -0.511 e. The number of aliphatic hydroxyl groups excluding tert-OH is 1. The van der Waals surface area contributed by atoms with Gasteiger partial charge < -0.3 is 20.3 Å². The standard InChI is InChI=1S/C22H27N3O3/c1-13(26)12-23-22(17-7-5-4-6-8-17)18-11-16(9-10-19(18)24-21(22)27)20-14(2)25-28-15(20)3/h9-12,17,23,26H,4-8H2,1-3H3,(H,24,27)/b13-12-.